The van der Waals surface area contributed by atoms with Crippen molar-refractivity contribution < 1.29 is 14.4 Å². The minimum Gasteiger partial charge on any atom is -0.342 e. The number of hydrogen-bond donors (Lipinski definition) is 2. The van der Waals surface area contributed by atoms with Crippen LogP contribution in [0.4, 0.5) is 11.4 Å². The van der Waals surface area contributed by atoms with Crippen LogP contribution in [0.3, 0.4) is 0 Å². The smallest absolute Gasteiger partial charge is 0.229 e. The number of aryl methyl sites for hydroxylation is 1. The van der Waals surface area contributed by atoms with E-state index in [1.165, 1.54) is 6.92 Å². The summed E-state index contributed by atoms with van der Waals surface area (Å²) >= 11 is 0. The molecule has 0 aromatic heterocycles. The Kier molecular flexibility index (Phi) is 6.17. The Morgan fingerprint density at radius 1 is 1.20 bits per heavy atom. The lowest BCUT2D eigenvalue weighted by molar-refractivity contribution is -0.137. The van der Waals surface area contributed by atoms with Crippen molar-refractivity contribution in [3.05, 3.63) is 23.8 Å². The van der Waals surface area contributed by atoms with Crippen molar-refractivity contribution in [2.75, 3.05) is 23.7 Å². The van der Waals surface area contributed by atoms with Crippen molar-refractivity contribution in [3.8, 4) is 0 Å². The van der Waals surface area contributed by atoms with Crippen LogP contribution in [0, 0.1) is 18.8 Å². The number of rotatable bonds is 4. The maximum atomic E-state index is 12.6. The lowest BCUT2D eigenvalue weighted by atomic mass is 9.96. The van der Waals surface area contributed by atoms with E-state index in [1.807, 2.05) is 26.8 Å². The van der Waals surface area contributed by atoms with Crippen molar-refractivity contribution in [2.24, 2.45) is 11.8 Å². The summed E-state index contributed by atoms with van der Waals surface area (Å²) in [7, 11) is 0. The third-order valence-corrected chi connectivity index (χ3v) is 4.40. The number of likely N-dealkylation sites (tertiary alicyclic amines) is 1. The molecule has 2 N–H and O–H groups in total. The van der Waals surface area contributed by atoms with Crippen molar-refractivity contribution >= 4 is 29.1 Å². The number of hydrogen-bond acceptors (Lipinski definition) is 3. The monoisotopic (exact) mass is 345 g/mol. The lowest BCUT2D eigenvalue weighted by Crippen LogP contribution is -2.45. The molecule has 0 spiro atoms. The zero-order valence-corrected chi connectivity index (χ0v) is 15.4. The fourth-order valence-electron chi connectivity index (χ4n) is 3.07. The average molecular weight is 345 g/mol. The van der Waals surface area contributed by atoms with E-state index in [9.17, 15) is 14.4 Å². The molecule has 2 rings (SSSR count). The van der Waals surface area contributed by atoms with Gasteiger partial charge >= 0.3 is 0 Å². The number of benzene rings is 1. The van der Waals surface area contributed by atoms with Crippen molar-refractivity contribution in [3.63, 3.8) is 0 Å². The molecule has 0 aliphatic carbocycles. The summed E-state index contributed by atoms with van der Waals surface area (Å²) < 4.78 is 0. The number of piperidine rings is 1. The molecule has 1 fully saturated rings. The van der Waals surface area contributed by atoms with Crippen LogP contribution in [-0.4, -0.2) is 35.7 Å². The van der Waals surface area contributed by atoms with E-state index in [0.717, 1.165) is 30.6 Å². The van der Waals surface area contributed by atoms with Crippen LogP contribution >= 0.6 is 0 Å². The highest BCUT2D eigenvalue weighted by Gasteiger charge is 2.29. The van der Waals surface area contributed by atoms with Gasteiger partial charge in [-0.1, -0.05) is 13.8 Å². The number of carbonyl (C=O) groups excluding carboxylic acids is 3. The Balaban J connectivity index is 2.00. The normalized spacial score (nSPS) is 17.3. The molecular weight excluding hydrogens is 318 g/mol. The van der Waals surface area contributed by atoms with Crippen LogP contribution in [0.15, 0.2) is 18.2 Å². The molecular formula is C19H27N3O3. The summed E-state index contributed by atoms with van der Waals surface area (Å²) in [6.45, 7) is 8.31. The van der Waals surface area contributed by atoms with Crippen molar-refractivity contribution in [1.82, 2.24) is 4.90 Å². The molecule has 0 unspecified atom stereocenters. The van der Waals surface area contributed by atoms with Gasteiger partial charge in [0.1, 0.15) is 0 Å². The summed E-state index contributed by atoms with van der Waals surface area (Å²) in [5.74, 6) is -0.324. The maximum Gasteiger partial charge on any atom is 0.229 e. The number of amides is 3. The molecule has 1 saturated heterocycles. The number of nitrogens with zero attached hydrogens (tertiary/aromatic N) is 1. The molecule has 136 valence electrons. The molecule has 0 bridgehead atoms. The standard InChI is InChI=1S/C19H27N3O3/c1-12(2)19(25)22-9-5-6-15(11-22)18(24)21-16-7-8-17(13(3)10-16)20-14(4)23/h7-8,10,12,15H,5-6,9,11H2,1-4H3,(H,20,23)(H,21,24)/t15-/m0/s1. The molecule has 25 heavy (non-hydrogen) atoms. The van der Waals surface area contributed by atoms with Crippen LogP contribution in [-0.2, 0) is 14.4 Å². The topological polar surface area (TPSA) is 78.5 Å². The van der Waals surface area contributed by atoms with Gasteiger partial charge in [-0.25, -0.2) is 0 Å². The molecule has 1 heterocycles. The van der Waals surface area contributed by atoms with E-state index in [0.29, 0.717) is 12.2 Å². The largest absolute Gasteiger partial charge is 0.342 e. The molecule has 1 aliphatic heterocycles. The third-order valence-electron chi connectivity index (χ3n) is 4.40. The van der Waals surface area contributed by atoms with E-state index in [2.05, 4.69) is 10.6 Å². The zero-order valence-electron chi connectivity index (χ0n) is 15.4. The first-order chi connectivity index (χ1) is 11.8. The second-order valence-corrected chi connectivity index (χ2v) is 6.98. The second-order valence-electron chi connectivity index (χ2n) is 6.98. The Morgan fingerprint density at radius 2 is 1.92 bits per heavy atom. The van der Waals surface area contributed by atoms with Crippen LogP contribution in [0.25, 0.3) is 0 Å². The van der Waals surface area contributed by atoms with Crippen molar-refractivity contribution in [1.29, 1.82) is 0 Å². The highest BCUT2D eigenvalue weighted by molar-refractivity contribution is 5.94. The Bertz CT molecular complexity index is 670. The molecule has 1 atom stereocenters. The molecule has 1 aromatic carbocycles. The third kappa shape index (κ3) is 5.05. The van der Waals surface area contributed by atoms with Gasteiger partial charge in [-0.3, -0.25) is 14.4 Å². The Hall–Kier alpha value is -2.37. The highest BCUT2D eigenvalue weighted by atomic mass is 16.2. The van der Waals surface area contributed by atoms with Gasteiger partial charge in [0.15, 0.2) is 0 Å². The highest BCUT2D eigenvalue weighted by Crippen LogP contribution is 2.23. The van der Waals surface area contributed by atoms with Crippen LogP contribution in [0.5, 0.6) is 0 Å². The summed E-state index contributed by atoms with van der Waals surface area (Å²) in [4.78, 5) is 37.7. The van der Waals surface area contributed by atoms with Gasteiger partial charge in [-0.05, 0) is 43.5 Å². The Labute approximate surface area is 149 Å². The predicted octanol–water partition coefficient (Wildman–Crippen LogP) is 2.79. The summed E-state index contributed by atoms with van der Waals surface area (Å²) in [6.07, 6.45) is 1.63. The van der Waals surface area contributed by atoms with E-state index >= 15 is 0 Å². The molecule has 3 amide bonds. The predicted molar refractivity (Wildman–Crippen MR) is 98.3 cm³/mol. The molecule has 6 nitrogen and oxygen atoms in total. The van der Waals surface area contributed by atoms with Gasteiger partial charge in [0.2, 0.25) is 17.7 Å². The first kappa shape index (κ1) is 19.0. The summed E-state index contributed by atoms with van der Waals surface area (Å²) in [5.41, 5.74) is 2.31. The summed E-state index contributed by atoms with van der Waals surface area (Å²) in [5, 5.41) is 5.68. The number of nitrogens with one attached hydrogen (secondary N) is 2. The van der Waals surface area contributed by atoms with Gasteiger partial charge < -0.3 is 15.5 Å². The Morgan fingerprint density at radius 3 is 2.52 bits per heavy atom. The zero-order chi connectivity index (χ0) is 18.6. The van der Waals surface area contributed by atoms with Crippen LogP contribution < -0.4 is 10.6 Å². The SMILES string of the molecule is CC(=O)Nc1ccc(NC(=O)[C@H]2CCCN(C(=O)C(C)C)C2)cc1C. The minimum absolute atomic E-state index is 0.0502. The van der Waals surface area contributed by atoms with E-state index < -0.39 is 0 Å². The molecule has 1 aromatic rings. The maximum absolute atomic E-state index is 12.6. The number of carbonyl (C=O) groups is 3. The average Bonchev–Trinajstić information content (AvgIpc) is 2.56. The van der Waals surface area contributed by atoms with Crippen LogP contribution in [0.2, 0.25) is 0 Å². The van der Waals surface area contributed by atoms with Gasteiger partial charge in [0, 0.05) is 37.3 Å². The molecule has 1 aliphatic rings. The van der Waals surface area contributed by atoms with Crippen LogP contribution in [0.1, 0.15) is 39.2 Å². The van der Waals surface area contributed by atoms with Gasteiger partial charge in [0.25, 0.3) is 0 Å². The summed E-state index contributed by atoms with van der Waals surface area (Å²) in [6, 6.07) is 5.39. The van der Waals surface area contributed by atoms with E-state index in [4.69, 9.17) is 0 Å². The van der Waals surface area contributed by atoms with Gasteiger partial charge in [-0.15, -0.1) is 0 Å². The fourth-order valence-corrected chi connectivity index (χ4v) is 3.07. The van der Waals surface area contributed by atoms with E-state index in [-0.39, 0.29) is 29.6 Å². The molecule has 6 heteroatoms. The minimum atomic E-state index is -0.188. The quantitative estimate of drug-likeness (QED) is 0.881. The van der Waals surface area contributed by atoms with E-state index in [1.54, 1.807) is 17.0 Å². The van der Waals surface area contributed by atoms with Crippen molar-refractivity contribution in [2.45, 2.75) is 40.5 Å². The lowest BCUT2D eigenvalue weighted by Gasteiger charge is -2.33. The fraction of sp³-hybridized carbons (Fsp3) is 0.526. The first-order valence-corrected chi connectivity index (χ1v) is 8.76. The molecule has 0 radical (unpaired) electrons. The number of anilines is 2. The van der Waals surface area contributed by atoms with Gasteiger partial charge in [0.05, 0.1) is 5.92 Å². The first-order valence-electron chi connectivity index (χ1n) is 8.76. The molecule has 0 saturated carbocycles. The second kappa shape index (κ2) is 8.14. The van der Waals surface area contributed by atoms with Gasteiger partial charge in [-0.2, -0.15) is 0 Å².